The van der Waals surface area contributed by atoms with E-state index in [9.17, 15) is 5.11 Å². The van der Waals surface area contributed by atoms with Crippen LogP contribution in [0.25, 0.3) is 5.69 Å². The predicted octanol–water partition coefficient (Wildman–Crippen LogP) is 0.716. The minimum atomic E-state index is -0.480. The molecule has 0 aliphatic heterocycles. The highest BCUT2D eigenvalue weighted by atomic mass is 16.3. The Morgan fingerprint density at radius 1 is 1.43 bits per heavy atom. The van der Waals surface area contributed by atoms with E-state index < -0.39 is 6.10 Å². The Morgan fingerprint density at radius 3 is 2.93 bits per heavy atom. The van der Waals surface area contributed by atoms with Gasteiger partial charge in [-0.1, -0.05) is 12.1 Å². The van der Waals surface area contributed by atoms with E-state index >= 15 is 0 Å². The van der Waals surface area contributed by atoms with Gasteiger partial charge in [0.1, 0.15) is 6.33 Å². The number of tetrazole rings is 1. The van der Waals surface area contributed by atoms with Crippen molar-refractivity contribution < 1.29 is 5.11 Å². The number of nitrogens with zero attached hydrogens (tertiary/aromatic N) is 4. The first kappa shape index (κ1) is 8.83. The lowest BCUT2D eigenvalue weighted by Crippen LogP contribution is -1.98. The Labute approximate surface area is 81.0 Å². The normalized spacial score (nSPS) is 12.7. The van der Waals surface area contributed by atoms with Crippen molar-refractivity contribution in [1.82, 2.24) is 20.2 Å². The number of aliphatic hydroxyl groups excluding tert-OH is 1. The van der Waals surface area contributed by atoms with Crippen LogP contribution >= 0.6 is 0 Å². The van der Waals surface area contributed by atoms with E-state index in [0.29, 0.717) is 0 Å². The second kappa shape index (κ2) is 3.55. The van der Waals surface area contributed by atoms with E-state index in [4.69, 9.17) is 0 Å². The molecule has 0 bridgehead atoms. The third-order valence-electron chi connectivity index (χ3n) is 1.97. The van der Waals surface area contributed by atoms with Gasteiger partial charge in [0.25, 0.3) is 0 Å². The SMILES string of the molecule is CC(O)c1cccc(-n2cnnn2)c1. The number of hydrogen-bond acceptors (Lipinski definition) is 4. The van der Waals surface area contributed by atoms with Gasteiger partial charge in [0, 0.05) is 0 Å². The highest BCUT2D eigenvalue weighted by Crippen LogP contribution is 2.15. The summed E-state index contributed by atoms with van der Waals surface area (Å²) in [5, 5.41) is 20.2. The molecule has 0 saturated carbocycles. The minimum Gasteiger partial charge on any atom is -0.389 e. The Bertz CT molecular complexity index is 411. The summed E-state index contributed by atoms with van der Waals surface area (Å²) in [5.41, 5.74) is 1.69. The highest BCUT2D eigenvalue weighted by molar-refractivity contribution is 5.35. The molecule has 72 valence electrons. The summed E-state index contributed by atoms with van der Waals surface area (Å²) in [6, 6.07) is 7.45. The molecule has 0 aliphatic carbocycles. The first-order valence-corrected chi connectivity index (χ1v) is 4.29. The van der Waals surface area contributed by atoms with Gasteiger partial charge in [-0.05, 0) is 35.0 Å². The number of aromatic nitrogens is 4. The first-order valence-electron chi connectivity index (χ1n) is 4.29. The first-order chi connectivity index (χ1) is 6.77. The molecular formula is C9H10N4O. The van der Waals surface area contributed by atoms with Gasteiger partial charge in [-0.2, -0.15) is 0 Å². The fourth-order valence-electron chi connectivity index (χ4n) is 1.21. The summed E-state index contributed by atoms with van der Waals surface area (Å²) in [7, 11) is 0. The topological polar surface area (TPSA) is 63.8 Å². The summed E-state index contributed by atoms with van der Waals surface area (Å²) in [4.78, 5) is 0. The van der Waals surface area contributed by atoms with Crippen LogP contribution in [0.15, 0.2) is 30.6 Å². The van der Waals surface area contributed by atoms with Gasteiger partial charge in [-0.15, -0.1) is 5.10 Å². The van der Waals surface area contributed by atoms with Crippen molar-refractivity contribution in [3.05, 3.63) is 36.2 Å². The lowest BCUT2D eigenvalue weighted by Gasteiger charge is -2.06. The smallest absolute Gasteiger partial charge is 0.143 e. The van der Waals surface area contributed by atoms with Crippen molar-refractivity contribution >= 4 is 0 Å². The lowest BCUT2D eigenvalue weighted by atomic mass is 10.1. The second-order valence-corrected chi connectivity index (χ2v) is 3.03. The predicted molar refractivity (Wildman–Crippen MR) is 49.8 cm³/mol. The van der Waals surface area contributed by atoms with Gasteiger partial charge >= 0.3 is 0 Å². The van der Waals surface area contributed by atoms with Gasteiger partial charge in [-0.25, -0.2) is 4.68 Å². The van der Waals surface area contributed by atoms with Crippen molar-refractivity contribution in [2.45, 2.75) is 13.0 Å². The molecule has 2 aromatic rings. The summed E-state index contributed by atoms with van der Waals surface area (Å²) in [6.45, 7) is 1.72. The maximum absolute atomic E-state index is 9.38. The largest absolute Gasteiger partial charge is 0.389 e. The van der Waals surface area contributed by atoms with Crippen LogP contribution in [0.3, 0.4) is 0 Å². The molecule has 1 N–H and O–H groups in total. The summed E-state index contributed by atoms with van der Waals surface area (Å²) in [6.07, 6.45) is 1.03. The van der Waals surface area contributed by atoms with Gasteiger partial charge in [0.05, 0.1) is 11.8 Å². The van der Waals surface area contributed by atoms with E-state index in [-0.39, 0.29) is 0 Å². The van der Waals surface area contributed by atoms with Crippen molar-refractivity contribution in [3.63, 3.8) is 0 Å². The third kappa shape index (κ3) is 1.62. The van der Waals surface area contributed by atoms with E-state index in [1.54, 1.807) is 11.6 Å². The van der Waals surface area contributed by atoms with Crippen molar-refractivity contribution in [2.24, 2.45) is 0 Å². The van der Waals surface area contributed by atoms with Crippen LogP contribution in [0.4, 0.5) is 0 Å². The van der Waals surface area contributed by atoms with Crippen LogP contribution in [0, 0.1) is 0 Å². The molecule has 0 radical (unpaired) electrons. The molecule has 2 rings (SSSR count). The zero-order valence-electron chi connectivity index (χ0n) is 7.70. The summed E-state index contributed by atoms with van der Waals surface area (Å²) in [5.74, 6) is 0. The third-order valence-corrected chi connectivity index (χ3v) is 1.97. The number of rotatable bonds is 2. The van der Waals surface area contributed by atoms with Crippen molar-refractivity contribution in [2.75, 3.05) is 0 Å². The van der Waals surface area contributed by atoms with E-state index in [1.165, 1.54) is 6.33 Å². The quantitative estimate of drug-likeness (QED) is 0.757. The van der Waals surface area contributed by atoms with Crippen LogP contribution < -0.4 is 0 Å². The summed E-state index contributed by atoms with van der Waals surface area (Å²) >= 11 is 0. The number of benzene rings is 1. The molecule has 1 aromatic carbocycles. The molecule has 0 saturated heterocycles. The molecule has 0 aliphatic rings. The second-order valence-electron chi connectivity index (χ2n) is 3.03. The van der Waals surface area contributed by atoms with Gasteiger partial charge in [-0.3, -0.25) is 0 Å². The molecule has 0 amide bonds. The fourth-order valence-corrected chi connectivity index (χ4v) is 1.21. The zero-order chi connectivity index (χ0) is 9.97. The van der Waals surface area contributed by atoms with Crippen LogP contribution in [0.5, 0.6) is 0 Å². The molecule has 14 heavy (non-hydrogen) atoms. The molecule has 1 unspecified atom stereocenters. The lowest BCUT2D eigenvalue weighted by molar-refractivity contribution is 0.199. The average molecular weight is 190 g/mol. The van der Waals surface area contributed by atoms with Crippen LogP contribution in [0.1, 0.15) is 18.6 Å². The molecular weight excluding hydrogens is 180 g/mol. The van der Waals surface area contributed by atoms with Crippen LogP contribution in [0.2, 0.25) is 0 Å². The molecule has 1 atom stereocenters. The Morgan fingerprint density at radius 2 is 2.29 bits per heavy atom. The molecule has 1 heterocycles. The molecule has 0 fully saturated rings. The summed E-state index contributed by atoms with van der Waals surface area (Å²) < 4.78 is 1.55. The maximum atomic E-state index is 9.38. The average Bonchev–Trinajstić information content (AvgIpc) is 2.71. The van der Waals surface area contributed by atoms with Gasteiger partial charge in [0.15, 0.2) is 0 Å². The Kier molecular flexibility index (Phi) is 2.24. The molecule has 5 nitrogen and oxygen atoms in total. The van der Waals surface area contributed by atoms with E-state index in [0.717, 1.165) is 11.3 Å². The van der Waals surface area contributed by atoms with Crippen LogP contribution in [-0.2, 0) is 0 Å². The monoisotopic (exact) mass is 190 g/mol. The van der Waals surface area contributed by atoms with Gasteiger partial charge in [0.2, 0.25) is 0 Å². The Balaban J connectivity index is 2.41. The molecule has 5 heteroatoms. The van der Waals surface area contributed by atoms with Crippen molar-refractivity contribution in [1.29, 1.82) is 0 Å². The standard InChI is InChI=1S/C9H10N4O/c1-7(14)8-3-2-4-9(5-8)13-6-10-11-12-13/h2-7,14H,1H3. The number of aliphatic hydroxyl groups is 1. The minimum absolute atomic E-state index is 0.480. The Hall–Kier alpha value is -1.75. The van der Waals surface area contributed by atoms with E-state index in [2.05, 4.69) is 15.5 Å². The molecule has 0 spiro atoms. The van der Waals surface area contributed by atoms with Gasteiger partial charge < -0.3 is 5.11 Å². The molecule has 1 aromatic heterocycles. The number of hydrogen-bond donors (Lipinski definition) is 1. The van der Waals surface area contributed by atoms with E-state index in [1.807, 2.05) is 24.3 Å². The maximum Gasteiger partial charge on any atom is 0.143 e. The highest BCUT2D eigenvalue weighted by Gasteiger charge is 2.03. The zero-order valence-corrected chi connectivity index (χ0v) is 7.70. The van der Waals surface area contributed by atoms with Crippen molar-refractivity contribution in [3.8, 4) is 5.69 Å². The van der Waals surface area contributed by atoms with Crippen LogP contribution in [-0.4, -0.2) is 25.3 Å². The fraction of sp³-hybridized carbons (Fsp3) is 0.222.